The highest BCUT2D eigenvalue weighted by molar-refractivity contribution is 7.84. The van der Waals surface area contributed by atoms with E-state index in [-0.39, 0.29) is 5.25 Å². The summed E-state index contributed by atoms with van der Waals surface area (Å²) in [6.07, 6.45) is 2.80. The van der Waals surface area contributed by atoms with Gasteiger partial charge in [-0.3, -0.25) is 4.21 Å². The molecule has 0 aliphatic carbocycles. The smallest absolute Gasteiger partial charge is 0.106 e. The molecule has 2 heterocycles. The van der Waals surface area contributed by atoms with Gasteiger partial charge in [0.05, 0.1) is 5.69 Å². The van der Waals surface area contributed by atoms with Gasteiger partial charge in [0.1, 0.15) is 5.82 Å². The van der Waals surface area contributed by atoms with Crippen LogP contribution in [0.2, 0.25) is 0 Å². The number of nitrogens with one attached hydrogen (secondary N) is 1. The predicted molar refractivity (Wildman–Crippen MR) is 65.9 cm³/mol. The van der Waals surface area contributed by atoms with Gasteiger partial charge in [0.2, 0.25) is 0 Å². The van der Waals surface area contributed by atoms with Crippen molar-refractivity contribution in [2.45, 2.75) is 38.6 Å². The van der Waals surface area contributed by atoms with Crippen LogP contribution in [0.15, 0.2) is 0 Å². The normalized spacial score (nSPS) is 19.2. The van der Waals surface area contributed by atoms with E-state index in [9.17, 15) is 4.21 Å². The van der Waals surface area contributed by atoms with Crippen LogP contribution in [-0.4, -0.2) is 31.8 Å². The van der Waals surface area contributed by atoms with Crippen LogP contribution in [0, 0.1) is 6.92 Å². The lowest BCUT2D eigenvalue weighted by Gasteiger charge is -2.17. The third-order valence-corrected chi connectivity index (χ3v) is 4.47. The quantitative estimate of drug-likeness (QED) is 0.843. The summed E-state index contributed by atoms with van der Waals surface area (Å²) in [6, 6.07) is 0. The van der Waals surface area contributed by atoms with Crippen LogP contribution in [0.25, 0.3) is 0 Å². The van der Waals surface area contributed by atoms with E-state index in [2.05, 4.69) is 14.9 Å². The lowest BCUT2D eigenvalue weighted by Crippen LogP contribution is -2.27. The van der Waals surface area contributed by atoms with E-state index in [1.807, 2.05) is 13.8 Å². The Morgan fingerprint density at radius 1 is 1.62 bits per heavy atom. The lowest BCUT2D eigenvalue weighted by molar-refractivity contribution is 0.574. The number of hydrogen-bond donors (Lipinski definition) is 1. The van der Waals surface area contributed by atoms with Crippen molar-refractivity contribution in [2.24, 2.45) is 0 Å². The number of nitrogens with zero attached hydrogens (tertiary/aromatic N) is 2. The number of aryl methyl sites for hydroxylation is 1. The van der Waals surface area contributed by atoms with Crippen LogP contribution < -0.4 is 5.32 Å². The van der Waals surface area contributed by atoms with Crippen LogP contribution in [0.3, 0.4) is 0 Å². The monoisotopic (exact) mass is 241 g/mol. The van der Waals surface area contributed by atoms with Crippen molar-refractivity contribution < 1.29 is 4.21 Å². The van der Waals surface area contributed by atoms with Gasteiger partial charge < -0.3 is 9.88 Å². The summed E-state index contributed by atoms with van der Waals surface area (Å²) in [6.45, 7) is 6.76. The Kier molecular flexibility index (Phi) is 3.44. The summed E-state index contributed by atoms with van der Waals surface area (Å²) in [5, 5.41) is 3.51. The van der Waals surface area contributed by atoms with E-state index in [0.717, 1.165) is 37.6 Å². The van der Waals surface area contributed by atoms with Crippen LogP contribution in [0.1, 0.15) is 24.1 Å². The Hall–Kier alpha value is -0.680. The molecule has 1 aliphatic rings. The summed E-state index contributed by atoms with van der Waals surface area (Å²) in [5.41, 5.74) is 2.49. The number of rotatable bonds is 3. The average Bonchev–Trinajstić information content (AvgIpc) is 2.55. The third-order valence-electron chi connectivity index (χ3n) is 3.18. The molecule has 1 aromatic heterocycles. The first kappa shape index (κ1) is 11.8. The maximum absolute atomic E-state index is 11.4. The minimum Gasteiger partial charge on any atom is -0.331 e. The van der Waals surface area contributed by atoms with Gasteiger partial charge >= 0.3 is 0 Å². The molecule has 0 saturated heterocycles. The highest BCUT2D eigenvalue weighted by Gasteiger charge is 2.19. The summed E-state index contributed by atoms with van der Waals surface area (Å²) in [7, 11) is -0.768. The fraction of sp³-hybridized carbons (Fsp3) is 0.727. The van der Waals surface area contributed by atoms with Crippen molar-refractivity contribution >= 4 is 10.8 Å². The molecule has 2 rings (SSSR count). The molecule has 0 radical (unpaired) electrons. The molecular formula is C11H19N3OS. The number of imidazole rings is 1. The number of fused-ring (bicyclic) bond motifs is 1. The zero-order valence-corrected chi connectivity index (χ0v) is 10.9. The first-order valence-corrected chi connectivity index (χ1v) is 7.29. The topological polar surface area (TPSA) is 46.9 Å². The maximum atomic E-state index is 11.4. The molecule has 5 heteroatoms. The molecule has 1 aliphatic heterocycles. The van der Waals surface area contributed by atoms with Gasteiger partial charge in [-0.05, 0) is 13.8 Å². The number of aromatic nitrogens is 2. The highest BCUT2D eigenvalue weighted by atomic mass is 32.2. The molecule has 4 nitrogen and oxygen atoms in total. The van der Waals surface area contributed by atoms with Crippen molar-refractivity contribution in [1.82, 2.24) is 14.9 Å². The molecule has 1 aromatic rings. The van der Waals surface area contributed by atoms with E-state index in [1.165, 1.54) is 5.69 Å². The first-order valence-electron chi connectivity index (χ1n) is 5.67. The van der Waals surface area contributed by atoms with Crippen molar-refractivity contribution in [3.63, 3.8) is 0 Å². The molecule has 16 heavy (non-hydrogen) atoms. The van der Waals surface area contributed by atoms with E-state index in [1.54, 1.807) is 6.26 Å². The minimum atomic E-state index is -0.768. The van der Waals surface area contributed by atoms with Gasteiger partial charge in [0.25, 0.3) is 0 Å². The fourth-order valence-electron chi connectivity index (χ4n) is 2.11. The second-order valence-electron chi connectivity index (χ2n) is 4.40. The third kappa shape index (κ3) is 2.20. The Morgan fingerprint density at radius 2 is 2.38 bits per heavy atom. The van der Waals surface area contributed by atoms with E-state index >= 15 is 0 Å². The standard InChI is InChI=1S/C11H19N3OS/c1-8(16(3)15)7-14-9(2)13-10-6-12-5-4-11(10)14/h8,12H,4-7H2,1-3H3. The van der Waals surface area contributed by atoms with Gasteiger partial charge in [-0.15, -0.1) is 0 Å². The zero-order chi connectivity index (χ0) is 11.7. The maximum Gasteiger partial charge on any atom is 0.106 e. The lowest BCUT2D eigenvalue weighted by atomic mass is 10.2. The molecule has 0 aromatic carbocycles. The van der Waals surface area contributed by atoms with Crippen LogP contribution >= 0.6 is 0 Å². The van der Waals surface area contributed by atoms with E-state index < -0.39 is 10.8 Å². The SMILES string of the molecule is Cc1nc2c(n1CC(C)S(C)=O)CCNC2. The summed E-state index contributed by atoms with van der Waals surface area (Å²) >= 11 is 0. The second-order valence-corrected chi connectivity index (χ2v) is 6.20. The molecule has 0 amide bonds. The molecule has 2 atom stereocenters. The van der Waals surface area contributed by atoms with Crippen LogP contribution in [-0.2, 0) is 30.3 Å². The van der Waals surface area contributed by atoms with Crippen molar-refractivity contribution in [1.29, 1.82) is 0 Å². The van der Waals surface area contributed by atoms with Gasteiger partial charge in [-0.1, -0.05) is 0 Å². The summed E-state index contributed by atoms with van der Waals surface area (Å²) < 4.78 is 13.7. The van der Waals surface area contributed by atoms with Gasteiger partial charge in [-0.25, -0.2) is 4.98 Å². The molecule has 0 spiro atoms. The molecule has 0 saturated carbocycles. The molecule has 0 bridgehead atoms. The van der Waals surface area contributed by atoms with Gasteiger partial charge in [0.15, 0.2) is 0 Å². The highest BCUT2D eigenvalue weighted by Crippen LogP contribution is 2.16. The summed E-state index contributed by atoms with van der Waals surface area (Å²) in [4.78, 5) is 4.57. The molecule has 2 unspecified atom stereocenters. The zero-order valence-electron chi connectivity index (χ0n) is 10.1. The van der Waals surface area contributed by atoms with Gasteiger partial charge in [0, 0.05) is 54.1 Å². The van der Waals surface area contributed by atoms with Crippen LogP contribution in [0.5, 0.6) is 0 Å². The molecule has 0 fully saturated rings. The van der Waals surface area contributed by atoms with Crippen molar-refractivity contribution in [3.05, 3.63) is 17.2 Å². The Bertz CT molecular complexity index is 414. The minimum absolute atomic E-state index is 0.187. The summed E-state index contributed by atoms with van der Waals surface area (Å²) in [5.74, 6) is 1.05. The largest absolute Gasteiger partial charge is 0.331 e. The Balaban J connectivity index is 2.26. The van der Waals surface area contributed by atoms with Gasteiger partial charge in [-0.2, -0.15) is 0 Å². The predicted octanol–water partition coefficient (Wildman–Crippen LogP) is 0.604. The fourth-order valence-corrected chi connectivity index (χ4v) is 2.47. The second kappa shape index (κ2) is 4.67. The number of hydrogen-bond acceptors (Lipinski definition) is 3. The van der Waals surface area contributed by atoms with Crippen LogP contribution in [0.4, 0.5) is 0 Å². The Morgan fingerprint density at radius 3 is 3.06 bits per heavy atom. The van der Waals surface area contributed by atoms with Crippen molar-refractivity contribution in [2.75, 3.05) is 12.8 Å². The molecule has 90 valence electrons. The van der Waals surface area contributed by atoms with E-state index in [4.69, 9.17) is 0 Å². The Labute approximate surface area is 98.9 Å². The first-order chi connectivity index (χ1) is 7.59. The van der Waals surface area contributed by atoms with E-state index in [0.29, 0.717) is 0 Å². The molecular weight excluding hydrogens is 222 g/mol. The van der Waals surface area contributed by atoms with Crippen molar-refractivity contribution in [3.8, 4) is 0 Å². The average molecular weight is 241 g/mol. The molecule has 1 N–H and O–H groups in total.